The molecule has 1 aliphatic carbocycles. The number of halogens is 7. The lowest BCUT2D eigenvalue weighted by atomic mass is 9.97. The van der Waals surface area contributed by atoms with Crippen molar-refractivity contribution in [1.82, 2.24) is 0 Å². The number of hydrogen-bond acceptors (Lipinski definition) is 4. The fourth-order valence-electron chi connectivity index (χ4n) is 3.90. The lowest BCUT2D eigenvalue weighted by Crippen LogP contribution is -2.39. The number of Topliss-reactive ketones (excluding diaryl/α,β-unsaturated/α-hetero) is 2. The molecule has 35 heavy (non-hydrogen) atoms. The Morgan fingerprint density at radius 1 is 0.857 bits per heavy atom. The summed E-state index contributed by atoms with van der Waals surface area (Å²) in [5, 5.41) is 12.5. The van der Waals surface area contributed by atoms with Crippen LogP contribution in [0.2, 0.25) is 0 Å². The summed E-state index contributed by atoms with van der Waals surface area (Å²) >= 11 is 0. The molecule has 0 unspecified atom stereocenters. The average Bonchev–Trinajstić information content (AvgIpc) is 3.21. The van der Waals surface area contributed by atoms with Crippen molar-refractivity contribution in [3.8, 4) is 0 Å². The number of benzene rings is 2. The Hall–Kier alpha value is -2.95. The largest absolute Gasteiger partial charge is 0.417 e. The zero-order valence-electron chi connectivity index (χ0n) is 18.9. The van der Waals surface area contributed by atoms with Crippen molar-refractivity contribution in [3.63, 3.8) is 0 Å². The molecule has 0 aromatic heterocycles. The van der Waals surface area contributed by atoms with E-state index in [2.05, 4.69) is 5.32 Å². The Kier molecular flexibility index (Phi) is 8.70. The maximum atomic E-state index is 13.1. The van der Waals surface area contributed by atoms with Crippen LogP contribution < -0.4 is 5.32 Å². The number of ketones is 2. The van der Waals surface area contributed by atoms with Crippen LogP contribution >= 0.6 is 0 Å². The highest BCUT2D eigenvalue weighted by Crippen LogP contribution is 2.37. The van der Waals surface area contributed by atoms with Crippen LogP contribution in [0.4, 0.5) is 36.4 Å². The van der Waals surface area contributed by atoms with Gasteiger partial charge in [0.25, 0.3) is 0 Å². The smallest absolute Gasteiger partial charge is 0.394 e. The standard InChI is InChI=1S/C15H18F3NO2.C9H6F4O/c1-10(21)12-5-4-11(8-13(12)15(16,17)18)19-14(9-20)6-2-3-7-14;1-5(14)7-3-2-6(10)4-8(7)9(11,12)13/h4-5,8,19-20H,2-3,6-7,9H2,1H3;2-4H,1H3. The molecule has 3 rings (SSSR count). The predicted octanol–water partition coefficient (Wildman–Crippen LogP) is 6.67. The van der Waals surface area contributed by atoms with E-state index >= 15 is 0 Å². The van der Waals surface area contributed by atoms with E-state index in [-0.39, 0.29) is 17.9 Å². The summed E-state index contributed by atoms with van der Waals surface area (Å²) in [6, 6.07) is 5.57. The first kappa shape index (κ1) is 28.3. The van der Waals surface area contributed by atoms with Crippen LogP contribution in [0.3, 0.4) is 0 Å². The van der Waals surface area contributed by atoms with Crippen LogP contribution in [0.1, 0.15) is 71.4 Å². The van der Waals surface area contributed by atoms with Gasteiger partial charge in [-0.05, 0) is 63.1 Å². The molecule has 2 N–H and O–H groups in total. The summed E-state index contributed by atoms with van der Waals surface area (Å²) in [5.41, 5.74) is -3.29. The van der Waals surface area contributed by atoms with Crippen LogP contribution in [-0.4, -0.2) is 28.8 Å². The molecular weight excluding hydrogens is 483 g/mol. The minimum atomic E-state index is -4.71. The van der Waals surface area contributed by atoms with Crippen molar-refractivity contribution in [2.24, 2.45) is 0 Å². The summed E-state index contributed by atoms with van der Waals surface area (Å²) in [4.78, 5) is 22.1. The molecule has 0 saturated heterocycles. The normalized spacial score (nSPS) is 15.3. The van der Waals surface area contributed by atoms with Gasteiger partial charge in [-0.15, -0.1) is 0 Å². The number of aliphatic hydroxyl groups is 1. The van der Waals surface area contributed by atoms with Gasteiger partial charge in [0.1, 0.15) is 5.82 Å². The lowest BCUT2D eigenvalue weighted by molar-refractivity contribution is -0.138. The number of aliphatic hydroxyl groups excluding tert-OH is 1. The summed E-state index contributed by atoms with van der Waals surface area (Å²) < 4.78 is 88.5. The molecule has 11 heteroatoms. The van der Waals surface area contributed by atoms with Gasteiger partial charge in [-0.1, -0.05) is 12.8 Å². The number of rotatable bonds is 5. The Balaban J connectivity index is 0.000000269. The highest BCUT2D eigenvalue weighted by Gasteiger charge is 2.37. The van der Waals surface area contributed by atoms with E-state index in [1.807, 2.05) is 0 Å². The first-order chi connectivity index (χ1) is 16.1. The molecule has 1 fully saturated rings. The van der Waals surface area contributed by atoms with E-state index in [1.54, 1.807) is 0 Å². The zero-order chi connectivity index (χ0) is 26.6. The van der Waals surface area contributed by atoms with Crippen molar-refractivity contribution in [1.29, 1.82) is 0 Å². The number of carbonyl (C=O) groups excluding carboxylic acids is 2. The molecular formula is C24H24F7NO3. The zero-order valence-corrected chi connectivity index (χ0v) is 18.9. The van der Waals surface area contributed by atoms with Crippen LogP contribution in [0.25, 0.3) is 0 Å². The van der Waals surface area contributed by atoms with Gasteiger partial charge in [0.2, 0.25) is 0 Å². The van der Waals surface area contributed by atoms with Crippen LogP contribution in [0.15, 0.2) is 36.4 Å². The minimum absolute atomic E-state index is 0.122. The Labute approximate surface area is 197 Å². The van der Waals surface area contributed by atoms with E-state index in [1.165, 1.54) is 12.1 Å². The molecule has 192 valence electrons. The summed E-state index contributed by atoms with van der Waals surface area (Å²) in [5.74, 6) is -2.37. The number of nitrogens with one attached hydrogen (secondary N) is 1. The van der Waals surface area contributed by atoms with E-state index in [9.17, 15) is 45.4 Å². The van der Waals surface area contributed by atoms with Gasteiger partial charge in [0.05, 0.1) is 23.3 Å². The fourth-order valence-corrected chi connectivity index (χ4v) is 3.90. The third kappa shape index (κ3) is 7.27. The van der Waals surface area contributed by atoms with Crippen molar-refractivity contribution in [3.05, 3.63) is 64.5 Å². The van der Waals surface area contributed by atoms with E-state index in [0.29, 0.717) is 6.07 Å². The SMILES string of the molecule is CC(=O)c1ccc(F)cc1C(F)(F)F.CC(=O)c1ccc(NC2(CO)CCCC2)cc1C(F)(F)F. The van der Waals surface area contributed by atoms with Gasteiger partial charge in [-0.25, -0.2) is 4.39 Å². The van der Waals surface area contributed by atoms with Crippen molar-refractivity contribution in [2.45, 2.75) is 57.4 Å². The van der Waals surface area contributed by atoms with Gasteiger partial charge in [-0.2, -0.15) is 26.3 Å². The number of anilines is 1. The molecule has 2 aromatic carbocycles. The second kappa shape index (κ2) is 10.8. The third-order valence-corrected chi connectivity index (χ3v) is 5.64. The topological polar surface area (TPSA) is 66.4 Å². The monoisotopic (exact) mass is 507 g/mol. The van der Waals surface area contributed by atoms with E-state index < -0.39 is 52.0 Å². The molecule has 0 aliphatic heterocycles. The van der Waals surface area contributed by atoms with Crippen molar-refractivity contribution < 1.29 is 45.4 Å². The fraction of sp³-hybridized carbons (Fsp3) is 0.417. The van der Waals surface area contributed by atoms with Gasteiger partial charge in [0, 0.05) is 16.8 Å². The third-order valence-electron chi connectivity index (χ3n) is 5.64. The average molecular weight is 507 g/mol. The second-order valence-electron chi connectivity index (χ2n) is 8.33. The summed E-state index contributed by atoms with van der Waals surface area (Å²) in [7, 11) is 0. The summed E-state index contributed by atoms with van der Waals surface area (Å²) in [6.45, 7) is 2.00. The van der Waals surface area contributed by atoms with Crippen molar-refractivity contribution >= 4 is 17.3 Å². The molecule has 4 nitrogen and oxygen atoms in total. The number of hydrogen-bond donors (Lipinski definition) is 2. The summed E-state index contributed by atoms with van der Waals surface area (Å²) in [6.07, 6.45) is -5.97. The van der Waals surface area contributed by atoms with Crippen LogP contribution in [0, 0.1) is 5.82 Å². The van der Waals surface area contributed by atoms with Crippen LogP contribution in [-0.2, 0) is 12.4 Å². The molecule has 1 aliphatic rings. The van der Waals surface area contributed by atoms with Gasteiger partial charge < -0.3 is 10.4 Å². The quantitative estimate of drug-likeness (QED) is 0.350. The molecule has 0 bridgehead atoms. The van der Waals surface area contributed by atoms with Gasteiger partial charge >= 0.3 is 12.4 Å². The maximum Gasteiger partial charge on any atom is 0.417 e. The van der Waals surface area contributed by atoms with Crippen LogP contribution in [0.5, 0.6) is 0 Å². The second-order valence-corrected chi connectivity index (χ2v) is 8.33. The van der Waals surface area contributed by atoms with Gasteiger partial charge in [-0.3, -0.25) is 9.59 Å². The lowest BCUT2D eigenvalue weighted by Gasteiger charge is -2.29. The van der Waals surface area contributed by atoms with Gasteiger partial charge in [0.15, 0.2) is 11.6 Å². The molecule has 0 amide bonds. The molecule has 0 heterocycles. The first-order valence-electron chi connectivity index (χ1n) is 10.6. The first-order valence-corrected chi connectivity index (χ1v) is 10.6. The Morgan fingerprint density at radius 2 is 1.31 bits per heavy atom. The molecule has 0 spiro atoms. The van der Waals surface area contributed by atoms with Crippen molar-refractivity contribution in [2.75, 3.05) is 11.9 Å². The Bertz CT molecular complexity index is 1070. The minimum Gasteiger partial charge on any atom is -0.394 e. The molecule has 1 saturated carbocycles. The number of alkyl halides is 6. The number of carbonyl (C=O) groups is 2. The predicted molar refractivity (Wildman–Crippen MR) is 115 cm³/mol. The van der Waals surface area contributed by atoms with E-state index in [4.69, 9.17) is 0 Å². The highest BCUT2D eigenvalue weighted by atomic mass is 19.4. The Morgan fingerprint density at radius 3 is 1.74 bits per heavy atom. The highest BCUT2D eigenvalue weighted by molar-refractivity contribution is 5.96. The molecule has 2 aromatic rings. The van der Waals surface area contributed by atoms with E-state index in [0.717, 1.165) is 57.7 Å². The molecule has 0 radical (unpaired) electrons. The maximum absolute atomic E-state index is 13.1. The molecule has 0 atom stereocenters.